The molecule has 2 aromatic rings. The minimum absolute atomic E-state index is 0.0551. The molecule has 0 saturated heterocycles. The molecule has 2 aromatic carbocycles. The molecule has 0 aliphatic heterocycles. The predicted molar refractivity (Wildman–Crippen MR) is 121 cm³/mol. The molecule has 0 aromatic heterocycles. The molecule has 9 heteroatoms. The lowest BCUT2D eigenvalue weighted by Crippen LogP contribution is -2.38. The lowest BCUT2D eigenvalue weighted by atomic mass is 10.1. The molecule has 0 unspecified atom stereocenters. The Labute approximate surface area is 188 Å². The average Bonchev–Trinajstić information content (AvgIpc) is 2.69. The quantitative estimate of drug-likeness (QED) is 0.315. The van der Waals surface area contributed by atoms with Crippen LogP contribution < -0.4 is 16.4 Å². The number of nitrogens with two attached hydrogens (primary N) is 1. The van der Waals surface area contributed by atoms with E-state index in [9.17, 15) is 18.0 Å². The molecule has 30 heavy (non-hydrogen) atoms. The van der Waals surface area contributed by atoms with Crippen LogP contribution in [0.4, 0.5) is 24.5 Å². The Morgan fingerprint density at radius 1 is 1.13 bits per heavy atom. The number of hydrogen-bond acceptors (Lipinski definition) is 4. The Kier molecular flexibility index (Phi) is 9.37. The van der Waals surface area contributed by atoms with Crippen LogP contribution in [-0.4, -0.2) is 43.0 Å². The van der Waals surface area contributed by atoms with Gasteiger partial charge in [-0.25, -0.2) is 13.2 Å². The number of benzene rings is 2. The van der Waals surface area contributed by atoms with E-state index in [1.807, 2.05) is 36.4 Å². The molecule has 164 valence electrons. The van der Waals surface area contributed by atoms with Crippen LogP contribution in [0.3, 0.4) is 0 Å². The van der Waals surface area contributed by atoms with E-state index in [1.165, 1.54) is 23.1 Å². The van der Waals surface area contributed by atoms with Gasteiger partial charge in [-0.1, -0.05) is 13.8 Å². The van der Waals surface area contributed by atoms with Crippen molar-refractivity contribution in [2.45, 2.75) is 26.3 Å². The molecule has 0 radical (unpaired) electrons. The number of nitrogens with one attached hydrogen (secondary N) is 2. The molecule has 5 nitrogen and oxygen atoms in total. The van der Waals surface area contributed by atoms with Gasteiger partial charge in [0.15, 0.2) is 11.6 Å². The fraction of sp³-hybridized carbons (Fsp3) is 0.381. The maximum absolute atomic E-state index is 14.6. The summed E-state index contributed by atoms with van der Waals surface area (Å²) in [5.41, 5.74) is 5.10. The van der Waals surface area contributed by atoms with Gasteiger partial charge in [-0.3, -0.25) is 4.79 Å². The number of rotatable bonds is 10. The van der Waals surface area contributed by atoms with Crippen LogP contribution in [-0.2, 0) is 0 Å². The zero-order chi connectivity index (χ0) is 22.3. The van der Waals surface area contributed by atoms with E-state index >= 15 is 0 Å². The molecule has 4 N–H and O–H groups in total. The number of halogens is 4. The van der Waals surface area contributed by atoms with Gasteiger partial charge in [0.2, 0.25) is 0 Å². The van der Waals surface area contributed by atoms with Crippen LogP contribution >= 0.6 is 22.6 Å². The molecule has 0 bridgehead atoms. The molecule has 1 amide bonds. The summed E-state index contributed by atoms with van der Waals surface area (Å²) in [6.07, 6.45) is 0.669. The third-order valence-electron chi connectivity index (χ3n) is 4.36. The van der Waals surface area contributed by atoms with Crippen molar-refractivity contribution in [3.63, 3.8) is 0 Å². The van der Waals surface area contributed by atoms with Crippen LogP contribution in [0.2, 0.25) is 0 Å². The number of carbonyl (C=O) groups excluding carboxylic acids is 1. The van der Waals surface area contributed by atoms with E-state index in [-0.39, 0.29) is 24.3 Å². The van der Waals surface area contributed by atoms with E-state index in [2.05, 4.69) is 10.6 Å². The summed E-state index contributed by atoms with van der Waals surface area (Å²) in [6.45, 7) is 5.62. The zero-order valence-electron chi connectivity index (χ0n) is 16.9. The lowest BCUT2D eigenvalue weighted by molar-refractivity contribution is 0.0759. The number of hydrogen-bond donors (Lipinski definition) is 3. The van der Waals surface area contributed by atoms with Crippen LogP contribution in [0.1, 0.15) is 30.6 Å². The van der Waals surface area contributed by atoms with Crippen molar-refractivity contribution in [3.05, 3.63) is 56.9 Å². The van der Waals surface area contributed by atoms with Crippen LogP contribution in [0.5, 0.6) is 0 Å². The van der Waals surface area contributed by atoms with Gasteiger partial charge in [0.05, 0.1) is 16.9 Å². The largest absolute Gasteiger partial charge is 0.350 e. The standard InChI is InChI=1S/C21H26F3IN4O/c1-13(2)27-9-3-10-29(11-8-26)21(30)15-5-6-16(22)19(24)20(15)28-18-7-4-14(25)12-17(18)23/h4-7,12-13,27-28H,3,8-11,26H2,1-2H3. The highest BCUT2D eigenvalue weighted by Gasteiger charge is 2.23. The van der Waals surface area contributed by atoms with Gasteiger partial charge in [-0.05, 0) is 65.9 Å². The molecule has 0 heterocycles. The molecule has 2 rings (SSSR count). The lowest BCUT2D eigenvalue weighted by Gasteiger charge is -2.24. The first-order valence-electron chi connectivity index (χ1n) is 9.67. The summed E-state index contributed by atoms with van der Waals surface area (Å²) in [4.78, 5) is 14.6. The second kappa shape index (κ2) is 11.5. The summed E-state index contributed by atoms with van der Waals surface area (Å²) in [6, 6.07) is 6.68. The van der Waals surface area contributed by atoms with Crippen molar-refractivity contribution in [1.29, 1.82) is 0 Å². The molecule has 0 fully saturated rings. The third kappa shape index (κ3) is 6.58. The van der Waals surface area contributed by atoms with E-state index < -0.39 is 29.0 Å². The van der Waals surface area contributed by atoms with Crippen LogP contribution in [0.25, 0.3) is 0 Å². The summed E-state index contributed by atoms with van der Waals surface area (Å²) < 4.78 is 43.4. The minimum atomic E-state index is -1.24. The van der Waals surface area contributed by atoms with E-state index in [0.29, 0.717) is 29.1 Å². The molecular formula is C21H26F3IN4O. The Balaban J connectivity index is 2.31. The summed E-state index contributed by atoms with van der Waals surface area (Å²) >= 11 is 1.94. The van der Waals surface area contributed by atoms with Crippen LogP contribution in [0, 0.1) is 21.0 Å². The summed E-state index contributed by atoms with van der Waals surface area (Å²) in [5, 5.41) is 5.81. The Morgan fingerprint density at radius 3 is 2.50 bits per heavy atom. The third-order valence-corrected chi connectivity index (χ3v) is 5.03. The highest BCUT2D eigenvalue weighted by molar-refractivity contribution is 14.1. The van der Waals surface area contributed by atoms with Crippen molar-refractivity contribution in [2.24, 2.45) is 5.73 Å². The first-order chi connectivity index (χ1) is 14.2. The number of anilines is 2. The zero-order valence-corrected chi connectivity index (χ0v) is 19.1. The highest BCUT2D eigenvalue weighted by Crippen LogP contribution is 2.29. The Bertz CT molecular complexity index is 880. The van der Waals surface area contributed by atoms with E-state index in [4.69, 9.17) is 5.73 Å². The minimum Gasteiger partial charge on any atom is -0.350 e. The van der Waals surface area contributed by atoms with Crippen molar-refractivity contribution in [3.8, 4) is 0 Å². The molecule has 0 spiro atoms. The summed E-state index contributed by atoms with van der Waals surface area (Å²) in [5.74, 6) is -3.51. The first-order valence-corrected chi connectivity index (χ1v) is 10.7. The maximum Gasteiger partial charge on any atom is 0.256 e. The molecule has 0 aliphatic rings. The van der Waals surface area contributed by atoms with Crippen molar-refractivity contribution < 1.29 is 18.0 Å². The van der Waals surface area contributed by atoms with Gasteiger partial charge in [0.1, 0.15) is 5.82 Å². The second-order valence-corrected chi connectivity index (χ2v) is 8.32. The SMILES string of the molecule is CC(C)NCCCN(CCN)C(=O)c1ccc(F)c(F)c1Nc1ccc(I)cc1F. The van der Waals surface area contributed by atoms with Crippen molar-refractivity contribution in [2.75, 3.05) is 31.5 Å². The molecule has 0 saturated carbocycles. The summed E-state index contributed by atoms with van der Waals surface area (Å²) in [7, 11) is 0. The first kappa shape index (κ1) is 24.4. The normalized spacial score (nSPS) is 11.1. The van der Waals surface area contributed by atoms with Gasteiger partial charge in [0.25, 0.3) is 5.91 Å². The monoisotopic (exact) mass is 534 g/mol. The van der Waals surface area contributed by atoms with Gasteiger partial charge in [-0.2, -0.15) is 0 Å². The topological polar surface area (TPSA) is 70.4 Å². The van der Waals surface area contributed by atoms with E-state index in [0.717, 1.165) is 6.07 Å². The molecule has 0 aliphatic carbocycles. The smallest absolute Gasteiger partial charge is 0.256 e. The molecular weight excluding hydrogens is 508 g/mol. The van der Waals surface area contributed by atoms with Gasteiger partial charge in [-0.15, -0.1) is 0 Å². The van der Waals surface area contributed by atoms with Crippen LogP contribution in [0.15, 0.2) is 30.3 Å². The fourth-order valence-electron chi connectivity index (χ4n) is 2.88. The number of carbonyl (C=O) groups is 1. The van der Waals surface area contributed by atoms with Crippen molar-refractivity contribution in [1.82, 2.24) is 10.2 Å². The van der Waals surface area contributed by atoms with Crippen molar-refractivity contribution >= 4 is 39.9 Å². The van der Waals surface area contributed by atoms with Gasteiger partial charge >= 0.3 is 0 Å². The number of amides is 1. The predicted octanol–water partition coefficient (Wildman–Crippen LogP) is 4.24. The van der Waals surface area contributed by atoms with E-state index in [1.54, 1.807) is 6.07 Å². The average molecular weight is 534 g/mol. The highest BCUT2D eigenvalue weighted by atomic mass is 127. The second-order valence-electron chi connectivity index (χ2n) is 7.08. The Hall–Kier alpha value is -1.85. The van der Waals surface area contributed by atoms with Gasteiger partial charge in [0, 0.05) is 29.2 Å². The Morgan fingerprint density at radius 2 is 1.87 bits per heavy atom. The maximum atomic E-state index is 14.6. The van der Waals surface area contributed by atoms with Gasteiger partial charge < -0.3 is 21.3 Å². The number of nitrogens with zero attached hydrogens (tertiary/aromatic N) is 1. The molecule has 0 atom stereocenters. The fourth-order valence-corrected chi connectivity index (χ4v) is 3.33.